The Balaban J connectivity index is 2.32. The number of carbonyl (C=O) groups excluding carboxylic acids is 1. The zero-order valence-corrected chi connectivity index (χ0v) is 11.7. The van der Waals surface area contributed by atoms with Crippen molar-refractivity contribution < 1.29 is 14.4 Å². The van der Waals surface area contributed by atoms with Gasteiger partial charge in [0.1, 0.15) is 5.60 Å². The Bertz CT molecular complexity index is 257. The van der Waals surface area contributed by atoms with Crippen LogP contribution in [0.2, 0.25) is 0 Å². The molecule has 106 valence electrons. The molecule has 1 unspecified atom stereocenters. The van der Waals surface area contributed by atoms with Crippen molar-refractivity contribution in [1.82, 2.24) is 5.32 Å². The molecule has 0 radical (unpaired) electrons. The van der Waals surface area contributed by atoms with Crippen LogP contribution in [0.5, 0.6) is 0 Å². The van der Waals surface area contributed by atoms with Crippen LogP contribution in [-0.4, -0.2) is 24.3 Å². The summed E-state index contributed by atoms with van der Waals surface area (Å²) in [6.07, 6.45) is 5.44. The zero-order chi connectivity index (χ0) is 13.6. The van der Waals surface area contributed by atoms with E-state index in [9.17, 15) is 4.79 Å². The largest absolute Gasteiger partial charge is 0.444 e. The molecule has 0 aliphatic heterocycles. The molecule has 5 heteroatoms. The first kappa shape index (κ1) is 15.2. The summed E-state index contributed by atoms with van der Waals surface area (Å²) >= 11 is 0. The quantitative estimate of drug-likeness (QED) is 0.759. The van der Waals surface area contributed by atoms with Gasteiger partial charge in [0.05, 0.1) is 6.10 Å². The SMILES string of the molecule is CC(C)(C)OC(=O)NCC(ON)C1CCCCC1. The van der Waals surface area contributed by atoms with E-state index in [0.717, 1.165) is 12.8 Å². The molecule has 0 aromatic heterocycles. The topological polar surface area (TPSA) is 73.6 Å². The highest BCUT2D eigenvalue weighted by Gasteiger charge is 2.25. The van der Waals surface area contributed by atoms with E-state index in [0.29, 0.717) is 12.5 Å². The van der Waals surface area contributed by atoms with Crippen molar-refractivity contribution in [3.05, 3.63) is 0 Å². The lowest BCUT2D eigenvalue weighted by Gasteiger charge is -2.29. The van der Waals surface area contributed by atoms with Crippen molar-refractivity contribution in [2.24, 2.45) is 11.8 Å². The molecule has 1 fully saturated rings. The molecule has 5 nitrogen and oxygen atoms in total. The van der Waals surface area contributed by atoms with Gasteiger partial charge in [0.15, 0.2) is 0 Å². The molecule has 0 heterocycles. The van der Waals surface area contributed by atoms with Crippen LogP contribution in [0.25, 0.3) is 0 Å². The molecule has 3 N–H and O–H groups in total. The summed E-state index contributed by atoms with van der Waals surface area (Å²) in [4.78, 5) is 16.5. The van der Waals surface area contributed by atoms with Crippen LogP contribution in [0.1, 0.15) is 52.9 Å². The summed E-state index contributed by atoms with van der Waals surface area (Å²) in [5.74, 6) is 5.77. The lowest BCUT2D eigenvalue weighted by atomic mass is 9.85. The lowest BCUT2D eigenvalue weighted by molar-refractivity contribution is -0.00386. The maximum absolute atomic E-state index is 11.5. The number of hydrogen-bond acceptors (Lipinski definition) is 4. The molecule has 0 aromatic rings. The van der Waals surface area contributed by atoms with E-state index >= 15 is 0 Å². The number of amides is 1. The van der Waals surface area contributed by atoms with Crippen LogP contribution < -0.4 is 11.2 Å². The van der Waals surface area contributed by atoms with Crippen LogP contribution in [-0.2, 0) is 9.57 Å². The highest BCUT2D eigenvalue weighted by molar-refractivity contribution is 5.67. The normalized spacial score (nSPS) is 19.3. The van der Waals surface area contributed by atoms with Gasteiger partial charge in [-0.25, -0.2) is 10.7 Å². The molecule has 18 heavy (non-hydrogen) atoms. The summed E-state index contributed by atoms with van der Waals surface area (Å²) < 4.78 is 5.17. The molecule has 0 aromatic carbocycles. The summed E-state index contributed by atoms with van der Waals surface area (Å²) in [7, 11) is 0. The number of ether oxygens (including phenoxy) is 1. The number of nitrogens with two attached hydrogens (primary N) is 1. The van der Waals surface area contributed by atoms with Gasteiger partial charge in [-0.1, -0.05) is 19.3 Å². The Morgan fingerprint density at radius 1 is 1.33 bits per heavy atom. The average molecular weight is 258 g/mol. The standard InChI is InChI=1S/C13H26N2O3/c1-13(2,3)17-12(16)15-9-11(18-14)10-7-5-4-6-8-10/h10-11H,4-9,14H2,1-3H3,(H,15,16). The number of nitrogens with one attached hydrogen (secondary N) is 1. The molecule has 0 saturated heterocycles. The fourth-order valence-electron chi connectivity index (χ4n) is 2.33. The van der Waals surface area contributed by atoms with E-state index < -0.39 is 11.7 Å². The second-order valence-corrected chi connectivity index (χ2v) is 5.96. The Kier molecular flexibility index (Phi) is 5.88. The molecule has 0 spiro atoms. The number of rotatable bonds is 4. The van der Waals surface area contributed by atoms with Crippen LogP contribution in [0.15, 0.2) is 0 Å². The molecular weight excluding hydrogens is 232 g/mol. The number of hydrogen-bond donors (Lipinski definition) is 2. The predicted molar refractivity (Wildman–Crippen MR) is 69.9 cm³/mol. The van der Waals surface area contributed by atoms with Gasteiger partial charge in [0, 0.05) is 6.54 Å². The zero-order valence-electron chi connectivity index (χ0n) is 11.7. The second kappa shape index (κ2) is 6.95. The van der Waals surface area contributed by atoms with E-state index in [1.54, 1.807) is 0 Å². The van der Waals surface area contributed by atoms with Gasteiger partial charge in [-0.3, -0.25) is 4.84 Å². The Labute approximate surface area is 109 Å². The van der Waals surface area contributed by atoms with Crippen molar-refractivity contribution in [3.63, 3.8) is 0 Å². The monoisotopic (exact) mass is 258 g/mol. The highest BCUT2D eigenvalue weighted by atomic mass is 16.6. The maximum atomic E-state index is 11.5. The minimum atomic E-state index is -0.478. The van der Waals surface area contributed by atoms with Gasteiger partial charge >= 0.3 is 6.09 Å². The fourth-order valence-corrected chi connectivity index (χ4v) is 2.33. The maximum Gasteiger partial charge on any atom is 0.407 e. The Hall–Kier alpha value is -0.810. The third kappa shape index (κ3) is 5.69. The van der Waals surface area contributed by atoms with E-state index in [4.69, 9.17) is 15.5 Å². The summed E-state index contributed by atoms with van der Waals surface area (Å²) in [5.41, 5.74) is -0.478. The smallest absolute Gasteiger partial charge is 0.407 e. The van der Waals surface area contributed by atoms with Crippen molar-refractivity contribution >= 4 is 6.09 Å². The second-order valence-electron chi connectivity index (χ2n) is 5.96. The molecule has 1 amide bonds. The van der Waals surface area contributed by atoms with Crippen LogP contribution >= 0.6 is 0 Å². The molecule has 1 saturated carbocycles. The summed E-state index contributed by atoms with van der Waals surface area (Å²) in [6, 6.07) is 0. The minimum Gasteiger partial charge on any atom is -0.444 e. The third-order valence-electron chi connectivity index (χ3n) is 3.20. The molecule has 0 bridgehead atoms. The van der Waals surface area contributed by atoms with Crippen molar-refractivity contribution in [2.75, 3.05) is 6.54 Å². The van der Waals surface area contributed by atoms with E-state index in [1.165, 1.54) is 19.3 Å². The van der Waals surface area contributed by atoms with Gasteiger partial charge in [-0.05, 0) is 39.5 Å². The number of alkyl carbamates (subject to hydrolysis) is 1. The van der Waals surface area contributed by atoms with Gasteiger partial charge < -0.3 is 10.1 Å². The Morgan fingerprint density at radius 3 is 2.44 bits per heavy atom. The molecule has 1 aliphatic rings. The first-order chi connectivity index (χ1) is 8.42. The molecular formula is C13H26N2O3. The van der Waals surface area contributed by atoms with Gasteiger partial charge in [-0.15, -0.1) is 0 Å². The van der Waals surface area contributed by atoms with Crippen LogP contribution in [0, 0.1) is 5.92 Å². The van der Waals surface area contributed by atoms with E-state index in [1.807, 2.05) is 20.8 Å². The molecule has 1 rings (SSSR count). The third-order valence-corrected chi connectivity index (χ3v) is 3.20. The van der Waals surface area contributed by atoms with Crippen LogP contribution in [0.3, 0.4) is 0 Å². The summed E-state index contributed by atoms with van der Waals surface area (Å²) in [5, 5.41) is 2.72. The van der Waals surface area contributed by atoms with Gasteiger partial charge in [-0.2, -0.15) is 0 Å². The molecule has 1 atom stereocenters. The van der Waals surface area contributed by atoms with Gasteiger partial charge in [0.25, 0.3) is 0 Å². The highest BCUT2D eigenvalue weighted by Crippen LogP contribution is 2.27. The minimum absolute atomic E-state index is 0.113. The van der Waals surface area contributed by atoms with Crippen LogP contribution in [0.4, 0.5) is 4.79 Å². The first-order valence-electron chi connectivity index (χ1n) is 6.75. The van der Waals surface area contributed by atoms with Crippen molar-refractivity contribution in [2.45, 2.75) is 64.6 Å². The lowest BCUT2D eigenvalue weighted by Crippen LogP contribution is -2.42. The van der Waals surface area contributed by atoms with E-state index in [-0.39, 0.29) is 6.10 Å². The van der Waals surface area contributed by atoms with E-state index in [2.05, 4.69) is 5.32 Å². The van der Waals surface area contributed by atoms with Crippen molar-refractivity contribution in [1.29, 1.82) is 0 Å². The average Bonchev–Trinajstić information content (AvgIpc) is 2.29. The fraction of sp³-hybridized carbons (Fsp3) is 0.923. The first-order valence-corrected chi connectivity index (χ1v) is 6.75. The molecule has 1 aliphatic carbocycles. The predicted octanol–water partition coefficient (Wildman–Crippen LogP) is 2.35. The van der Waals surface area contributed by atoms with Crippen molar-refractivity contribution in [3.8, 4) is 0 Å². The Morgan fingerprint density at radius 2 is 1.94 bits per heavy atom. The number of carbonyl (C=O) groups is 1. The van der Waals surface area contributed by atoms with Gasteiger partial charge in [0.2, 0.25) is 0 Å². The summed E-state index contributed by atoms with van der Waals surface area (Å²) in [6.45, 7) is 5.93.